The van der Waals surface area contributed by atoms with Gasteiger partial charge in [0.05, 0.1) is 0 Å². The zero-order valence-corrected chi connectivity index (χ0v) is 26.8. The molecule has 2 nitrogen and oxygen atoms in total. The van der Waals surface area contributed by atoms with Crippen LogP contribution in [0.25, 0.3) is 0 Å². The van der Waals surface area contributed by atoms with Gasteiger partial charge in [0.25, 0.3) is 0 Å². The maximum absolute atomic E-state index is 5.25. The van der Waals surface area contributed by atoms with Gasteiger partial charge in [0.15, 0.2) is 0 Å². The molecule has 0 saturated carbocycles. The molecule has 2 N–H and O–H groups in total. The molecule has 6 aromatic carbocycles. The minimum absolute atomic E-state index is 0.446. The smallest absolute Gasteiger partial charge is 0.123 e. The highest BCUT2D eigenvalue weighted by molar-refractivity contribution is 7.80. The number of hydrogen-bond donors (Lipinski definition) is 1. The van der Waals surface area contributed by atoms with Crippen molar-refractivity contribution in [3.8, 4) is 0 Å². The summed E-state index contributed by atoms with van der Waals surface area (Å²) in [6.07, 6.45) is 1.66. The Morgan fingerprint density at radius 3 is 0.667 bits per heavy atom. The molecule has 0 radical (unpaired) electrons. The SMILES string of the molecule is Nc1ccccn1.c1ccc(P(c2ccccc2)c2ccccc2)cc1.c1ccc(P(c2ccccc2)c2ccccc2)cc1. The van der Waals surface area contributed by atoms with Crippen molar-refractivity contribution in [3.63, 3.8) is 0 Å². The summed E-state index contributed by atoms with van der Waals surface area (Å²) in [5.74, 6) is 0.572. The van der Waals surface area contributed by atoms with Gasteiger partial charge in [-0.05, 0) is 59.8 Å². The molecule has 0 bridgehead atoms. The summed E-state index contributed by atoms with van der Waals surface area (Å²) < 4.78 is 0. The van der Waals surface area contributed by atoms with E-state index in [1.807, 2.05) is 12.1 Å². The average molecular weight is 619 g/mol. The van der Waals surface area contributed by atoms with E-state index >= 15 is 0 Å². The summed E-state index contributed by atoms with van der Waals surface area (Å²) in [6, 6.07) is 70.1. The van der Waals surface area contributed by atoms with Crippen molar-refractivity contribution in [1.29, 1.82) is 0 Å². The van der Waals surface area contributed by atoms with Gasteiger partial charge in [0.2, 0.25) is 0 Å². The number of hydrogen-bond acceptors (Lipinski definition) is 2. The molecule has 0 aliphatic heterocycles. The maximum atomic E-state index is 5.25. The predicted molar refractivity (Wildman–Crippen MR) is 199 cm³/mol. The largest absolute Gasteiger partial charge is 0.384 e. The lowest BCUT2D eigenvalue weighted by molar-refractivity contribution is 1.34. The van der Waals surface area contributed by atoms with E-state index in [9.17, 15) is 0 Å². The van der Waals surface area contributed by atoms with Gasteiger partial charge >= 0.3 is 0 Å². The molecule has 7 rings (SSSR count). The number of pyridine rings is 1. The molecule has 0 amide bonds. The lowest BCUT2D eigenvalue weighted by Gasteiger charge is -2.18. The fraction of sp³-hybridized carbons (Fsp3) is 0. The molecule has 1 aromatic heterocycles. The zero-order chi connectivity index (χ0) is 30.9. The molecule has 0 unspecified atom stereocenters. The Morgan fingerprint density at radius 2 is 0.511 bits per heavy atom. The number of nitrogen functional groups attached to an aromatic ring is 1. The molecular formula is C41H36N2P2. The molecule has 0 spiro atoms. The fourth-order valence-electron chi connectivity index (χ4n) is 4.73. The van der Waals surface area contributed by atoms with Crippen LogP contribution in [0, 0.1) is 0 Å². The first kappa shape index (κ1) is 31.6. The normalized spacial score (nSPS) is 10.3. The Morgan fingerprint density at radius 1 is 0.289 bits per heavy atom. The van der Waals surface area contributed by atoms with Crippen LogP contribution in [0.1, 0.15) is 0 Å². The molecule has 0 fully saturated rings. The Balaban J connectivity index is 0.000000147. The first-order valence-corrected chi connectivity index (χ1v) is 17.5. The molecule has 4 heteroatoms. The van der Waals surface area contributed by atoms with Crippen molar-refractivity contribution in [3.05, 3.63) is 206 Å². The van der Waals surface area contributed by atoms with Gasteiger partial charge in [0, 0.05) is 6.20 Å². The van der Waals surface area contributed by atoms with Gasteiger partial charge in [-0.3, -0.25) is 0 Å². The zero-order valence-electron chi connectivity index (χ0n) is 25.0. The van der Waals surface area contributed by atoms with Crippen LogP contribution in [-0.4, -0.2) is 4.98 Å². The molecule has 0 atom stereocenters. The summed E-state index contributed by atoms with van der Waals surface area (Å²) in [5.41, 5.74) is 5.25. The first-order chi connectivity index (χ1) is 22.3. The van der Waals surface area contributed by atoms with Gasteiger partial charge in [-0.1, -0.05) is 188 Å². The highest BCUT2D eigenvalue weighted by atomic mass is 31.1. The van der Waals surface area contributed by atoms with E-state index in [2.05, 4.69) is 187 Å². The molecule has 0 aliphatic rings. The molecule has 7 aromatic rings. The third-order valence-corrected chi connectivity index (χ3v) is 11.7. The third-order valence-electron chi connectivity index (χ3n) is 6.77. The van der Waals surface area contributed by atoms with Crippen molar-refractivity contribution in [2.24, 2.45) is 0 Å². The van der Waals surface area contributed by atoms with Gasteiger partial charge in [-0.25, -0.2) is 4.98 Å². The van der Waals surface area contributed by atoms with Gasteiger partial charge in [-0.2, -0.15) is 0 Å². The van der Waals surface area contributed by atoms with Gasteiger partial charge in [-0.15, -0.1) is 0 Å². The second-order valence-corrected chi connectivity index (χ2v) is 14.4. The van der Waals surface area contributed by atoms with E-state index in [4.69, 9.17) is 5.73 Å². The minimum Gasteiger partial charge on any atom is -0.384 e. The molecule has 45 heavy (non-hydrogen) atoms. The van der Waals surface area contributed by atoms with E-state index in [0.29, 0.717) is 5.82 Å². The summed E-state index contributed by atoms with van der Waals surface area (Å²) in [6.45, 7) is 0. The first-order valence-electron chi connectivity index (χ1n) is 14.9. The number of aromatic nitrogens is 1. The molecular weight excluding hydrogens is 582 g/mol. The monoisotopic (exact) mass is 618 g/mol. The standard InChI is InChI=1S/2C18H15P.C5H6N2/c2*1-4-10-16(11-5-1)19(17-12-6-2-7-13-17)18-14-8-3-9-15-18;6-5-3-1-2-4-7-5/h2*1-15H;1-4H,(H2,6,7). The highest BCUT2D eigenvalue weighted by Gasteiger charge is 2.16. The van der Waals surface area contributed by atoms with Crippen molar-refractivity contribution in [1.82, 2.24) is 4.98 Å². The summed E-state index contributed by atoms with van der Waals surface area (Å²) >= 11 is 0. The van der Waals surface area contributed by atoms with Crippen molar-refractivity contribution >= 4 is 53.5 Å². The third kappa shape index (κ3) is 9.56. The van der Waals surface area contributed by atoms with E-state index < -0.39 is 15.8 Å². The van der Waals surface area contributed by atoms with E-state index in [1.54, 1.807) is 12.3 Å². The quantitative estimate of drug-likeness (QED) is 0.196. The van der Waals surface area contributed by atoms with Gasteiger partial charge in [0.1, 0.15) is 5.82 Å². The maximum Gasteiger partial charge on any atom is 0.123 e. The Kier molecular flexibility index (Phi) is 12.2. The highest BCUT2D eigenvalue weighted by Crippen LogP contribution is 2.33. The Labute approximate surface area is 269 Å². The van der Waals surface area contributed by atoms with E-state index in [0.717, 1.165) is 0 Å². The average Bonchev–Trinajstić information content (AvgIpc) is 3.12. The van der Waals surface area contributed by atoms with Crippen LogP contribution < -0.4 is 37.6 Å². The van der Waals surface area contributed by atoms with E-state index in [-0.39, 0.29) is 0 Å². The fourth-order valence-corrected chi connectivity index (χ4v) is 9.34. The number of anilines is 1. The molecule has 0 saturated heterocycles. The van der Waals surface area contributed by atoms with Crippen LogP contribution in [0.5, 0.6) is 0 Å². The van der Waals surface area contributed by atoms with Crippen LogP contribution in [-0.2, 0) is 0 Å². The predicted octanol–water partition coefficient (Wildman–Crippen LogP) is 7.55. The lowest BCUT2D eigenvalue weighted by atomic mass is 10.4. The summed E-state index contributed by atoms with van der Waals surface area (Å²) in [4.78, 5) is 3.76. The number of rotatable bonds is 6. The van der Waals surface area contributed by atoms with Crippen LogP contribution >= 0.6 is 15.8 Å². The second kappa shape index (κ2) is 17.4. The van der Waals surface area contributed by atoms with Crippen LogP contribution in [0.4, 0.5) is 5.82 Å². The van der Waals surface area contributed by atoms with Crippen molar-refractivity contribution < 1.29 is 0 Å². The van der Waals surface area contributed by atoms with Crippen LogP contribution in [0.2, 0.25) is 0 Å². The summed E-state index contributed by atoms with van der Waals surface area (Å²) in [5, 5.41) is 8.39. The van der Waals surface area contributed by atoms with E-state index in [1.165, 1.54) is 31.8 Å². The second-order valence-electron chi connectivity index (χ2n) is 9.94. The number of nitrogens with zero attached hydrogens (tertiary/aromatic N) is 1. The number of nitrogens with two attached hydrogens (primary N) is 1. The molecule has 0 aliphatic carbocycles. The number of benzene rings is 6. The molecule has 220 valence electrons. The van der Waals surface area contributed by atoms with Crippen molar-refractivity contribution in [2.45, 2.75) is 0 Å². The van der Waals surface area contributed by atoms with Crippen LogP contribution in [0.15, 0.2) is 206 Å². The Bertz CT molecular complexity index is 1470. The Hall–Kier alpha value is -4.87. The molecule has 1 heterocycles. The minimum atomic E-state index is -0.446. The van der Waals surface area contributed by atoms with Gasteiger partial charge < -0.3 is 5.73 Å². The van der Waals surface area contributed by atoms with Crippen molar-refractivity contribution in [2.75, 3.05) is 5.73 Å². The summed E-state index contributed by atoms with van der Waals surface area (Å²) in [7, 11) is -0.892. The van der Waals surface area contributed by atoms with Crippen LogP contribution in [0.3, 0.4) is 0 Å². The topological polar surface area (TPSA) is 38.9 Å². The lowest BCUT2D eigenvalue weighted by Crippen LogP contribution is -2.20.